The fourth-order valence-electron chi connectivity index (χ4n) is 3.32. The van der Waals surface area contributed by atoms with E-state index in [0.29, 0.717) is 18.8 Å². The first-order valence-corrected chi connectivity index (χ1v) is 8.30. The van der Waals surface area contributed by atoms with E-state index in [2.05, 4.69) is 4.90 Å². The van der Waals surface area contributed by atoms with Gasteiger partial charge in [0.05, 0.1) is 24.9 Å². The van der Waals surface area contributed by atoms with Gasteiger partial charge in [-0.2, -0.15) is 0 Å². The molecule has 4 nitrogen and oxygen atoms in total. The Hall–Kier alpha value is -0.160. The Morgan fingerprint density at radius 1 is 1.20 bits per heavy atom. The molecule has 2 unspecified atom stereocenters. The van der Waals surface area contributed by atoms with Crippen LogP contribution in [0, 0.1) is 0 Å². The lowest BCUT2D eigenvalue weighted by Gasteiger charge is -2.32. The van der Waals surface area contributed by atoms with Crippen LogP contribution in [0.3, 0.4) is 0 Å². The number of hydrogen-bond donors (Lipinski definition) is 1. The van der Waals surface area contributed by atoms with Gasteiger partial charge in [-0.1, -0.05) is 12.8 Å². The predicted octanol–water partition coefficient (Wildman–Crippen LogP) is 2.20. The highest BCUT2D eigenvalue weighted by molar-refractivity contribution is 4.82. The molecule has 1 saturated heterocycles. The van der Waals surface area contributed by atoms with Gasteiger partial charge in [0, 0.05) is 25.7 Å². The first-order chi connectivity index (χ1) is 9.65. The van der Waals surface area contributed by atoms with E-state index >= 15 is 0 Å². The summed E-state index contributed by atoms with van der Waals surface area (Å²) in [6.45, 7) is 7.05. The van der Waals surface area contributed by atoms with Crippen molar-refractivity contribution in [2.24, 2.45) is 0 Å². The Kier molecular flexibility index (Phi) is 6.75. The smallest absolute Gasteiger partial charge is 0.0900 e. The largest absolute Gasteiger partial charge is 0.389 e. The third kappa shape index (κ3) is 5.32. The second kappa shape index (κ2) is 8.32. The van der Waals surface area contributed by atoms with Crippen LogP contribution in [0.15, 0.2) is 0 Å². The summed E-state index contributed by atoms with van der Waals surface area (Å²) in [5.41, 5.74) is 0. The van der Waals surface area contributed by atoms with Crippen molar-refractivity contribution in [3.05, 3.63) is 0 Å². The second-order valence-electron chi connectivity index (χ2n) is 6.56. The minimum absolute atomic E-state index is 0.183. The normalized spacial score (nSPS) is 25.9. The van der Waals surface area contributed by atoms with Gasteiger partial charge >= 0.3 is 0 Å². The number of rotatable bonds is 8. The summed E-state index contributed by atoms with van der Waals surface area (Å²) in [6, 6.07) is 0.632. The zero-order valence-electron chi connectivity index (χ0n) is 13.1. The average molecular weight is 285 g/mol. The Balaban J connectivity index is 1.81. The Morgan fingerprint density at radius 2 is 1.95 bits per heavy atom. The Labute approximate surface area is 123 Å². The van der Waals surface area contributed by atoms with Crippen molar-refractivity contribution < 1.29 is 14.6 Å². The molecule has 0 aromatic rings. The zero-order chi connectivity index (χ0) is 14.4. The average Bonchev–Trinajstić information content (AvgIpc) is 3.08. The standard InChI is InChI=1S/C16H31NO3/c1-13(2)20-12-15(18)10-17(14-6-3-4-7-14)11-16-8-5-9-19-16/h13-16,18H,3-12H2,1-2H3. The molecule has 1 aliphatic heterocycles. The molecule has 1 aliphatic carbocycles. The molecule has 118 valence electrons. The molecule has 0 radical (unpaired) electrons. The molecule has 1 saturated carbocycles. The van der Waals surface area contributed by atoms with Crippen LogP contribution in [0.5, 0.6) is 0 Å². The molecular formula is C16H31NO3. The van der Waals surface area contributed by atoms with E-state index in [4.69, 9.17) is 9.47 Å². The van der Waals surface area contributed by atoms with Gasteiger partial charge in [-0.3, -0.25) is 4.90 Å². The molecule has 1 heterocycles. The van der Waals surface area contributed by atoms with Crippen LogP contribution in [-0.2, 0) is 9.47 Å². The molecular weight excluding hydrogens is 254 g/mol. The summed E-state index contributed by atoms with van der Waals surface area (Å²) < 4.78 is 11.3. The molecule has 0 aromatic carbocycles. The van der Waals surface area contributed by atoms with E-state index in [1.807, 2.05) is 13.8 Å². The van der Waals surface area contributed by atoms with Crippen molar-refractivity contribution in [3.63, 3.8) is 0 Å². The van der Waals surface area contributed by atoms with Crippen LogP contribution in [0.1, 0.15) is 52.4 Å². The van der Waals surface area contributed by atoms with Gasteiger partial charge in [0.1, 0.15) is 0 Å². The SMILES string of the molecule is CC(C)OCC(O)CN(CC1CCCO1)C1CCCC1. The minimum Gasteiger partial charge on any atom is -0.389 e. The van der Waals surface area contributed by atoms with E-state index < -0.39 is 0 Å². The molecule has 0 bridgehead atoms. The fraction of sp³-hybridized carbons (Fsp3) is 1.00. The van der Waals surface area contributed by atoms with E-state index in [9.17, 15) is 5.11 Å². The van der Waals surface area contributed by atoms with E-state index in [-0.39, 0.29) is 12.2 Å². The molecule has 2 atom stereocenters. The summed E-state index contributed by atoms with van der Waals surface area (Å²) in [7, 11) is 0. The maximum absolute atomic E-state index is 10.2. The Bertz CT molecular complexity index is 260. The van der Waals surface area contributed by atoms with Crippen LogP contribution in [0.2, 0.25) is 0 Å². The first kappa shape index (κ1) is 16.2. The minimum atomic E-state index is -0.389. The van der Waals surface area contributed by atoms with E-state index in [0.717, 1.165) is 19.7 Å². The summed E-state index contributed by atoms with van der Waals surface area (Å²) in [6.07, 6.45) is 7.70. The molecule has 0 aromatic heterocycles. The molecule has 20 heavy (non-hydrogen) atoms. The van der Waals surface area contributed by atoms with Gasteiger partial charge in [-0.25, -0.2) is 0 Å². The second-order valence-corrected chi connectivity index (χ2v) is 6.56. The van der Waals surface area contributed by atoms with Crippen molar-refractivity contribution in [3.8, 4) is 0 Å². The summed E-state index contributed by atoms with van der Waals surface area (Å²) >= 11 is 0. The van der Waals surface area contributed by atoms with Crippen LogP contribution in [-0.4, -0.2) is 60.7 Å². The van der Waals surface area contributed by atoms with Crippen molar-refractivity contribution in [1.29, 1.82) is 0 Å². The van der Waals surface area contributed by atoms with Gasteiger partial charge in [0.25, 0.3) is 0 Å². The quantitative estimate of drug-likeness (QED) is 0.742. The lowest BCUT2D eigenvalue weighted by atomic mass is 10.1. The zero-order valence-corrected chi connectivity index (χ0v) is 13.1. The fourth-order valence-corrected chi connectivity index (χ4v) is 3.32. The van der Waals surface area contributed by atoms with Crippen molar-refractivity contribution >= 4 is 0 Å². The monoisotopic (exact) mass is 285 g/mol. The number of aliphatic hydroxyl groups excluding tert-OH is 1. The molecule has 2 aliphatic rings. The van der Waals surface area contributed by atoms with Gasteiger partial charge in [0.15, 0.2) is 0 Å². The number of nitrogens with zero attached hydrogens (tertiary/aromatic N) is 1. The maximum Gasteiger partial charge on any atom is 0.0900 e. The Morgan fingerprint density at radius 3 is 2.55 bits per heavy atom. The summed E-state index contributed by atoms with van der Waals surface area (Å²) in [4.78, 5) is 2.46. The molecule has 2 rings (SSSR count). The lowest BCUT2D eigenvalue weighted by molar-refractivity contribution is -0.0234. The van der Waals surface area contributed by atoms with Gasteiger partial charge in [-0.15, -0.1) is 0 Å². The molecule has 0 amide bonds. The highest BCUT2D eigenvalue weighted by atomic mass is 16.5. The van der Waals surface area contributed by atoms with Gasteiger partial charge < -0.3 is 14.6 Å². The molecule has 0 spiro atoms. The van der Waals surface area contributed by atoms with Gasteiger partial charge in [0.2, 0.25) is 0 Å². The number of hydrogen-bond acceptors (Lipinski definition) is 4. The third-order valence-electron chi connectivity index (χ3n) is 4.37. The van der Waals surface area contributed by atoms with Crippen molar-refractivity contribution in [1.82, 2.24) is 4.90 Å². The molecule has 4 heteroatoms. The van der Waals surface area contributed by atoms with E-state index in [1.165, 1.54) is 38.5 Å². The summed E-state index contributed by atoms with van der Waals surface area (Å²) in [5.74, 6) is 0. The highest BCUT2D eigenvalue weighted by Crippen LogP contribution is 2.25. The van der Waals surface area contributed by atoms with Gasteiger partial charge in [-0.05, 0) is 39.5 Å². The number of aliphatic hydroxyl groups is 1. The van der Waals surface area contributed by atoms with Crippen molar-refractivity contribution in [2.45, 2.75) is 76.7 Å². The lowest BCUT2D eigenvalue weighted by Crippen LogP contribution is -2.44. The van der Waals surface area contributed by atoms with Crippen LogP contribution < -0.4 is 0 Å². The van der Waals surface area contributed by atoms with Crippen LogP contribution in [0.4, 0.5) is 0 Å². The van der Waals surface area contributed by atoms with Crippen molar-refractivity contribution in [2.75, 3.05) is 26.3 Å². The highest BCUT2D eigenvalue weighted by Gasteiger charge is 2.28. The first-order valence-electron chi connectivity index (χ1n) is 8.30. The van der Waals surface area contributed by atoms with E-state index in [1.54, 1.807) is 0 Å². The van der Waals surface area contributed by atoms with Crippen LogP contribution in [0.25, 0.3) is 0 Å². The summed E-state index contributed by atoms with van der Waals surface area (Å²) in [5, 5.41) is 10.2. The molecule has 2 fully saturated rings. The number of ether oxygens (including phenoxy) is 2. The third-order valence-corrected chi connectivity index (χ3v) is 4.37. The maximum atomic E-state index is 10.2. The molecule has 1 N–H and O–H groups in total. The predicted molar refractivity (Wildman–Crippen MR) is 79.9 cm³/mol. The van der Waals surface area contributed by atoms with Crippen LogP contribution >= 0.6 is 0 Å². The topological polar surface area (TPSA) is 41.9 Å².